The lowest BCUT2D eigenvalue weighted by Gasteiger charge is -2.13. The third kappa shape index (κ3) is 2.96. The van der Waals surface area contributed by atoms with Crippen LogP contribution in [0.1, 0.15) is 42.1 Å². The monoisotopic (exact) mass is 374 g/mol. The number of benzene rings is 1. The van der Waals surface area contributed by atoms with Gasteiger partial charge in [0.05, 0.1) is 16.6 Å². The Morgan fingerprint density at radius 3 is 2.58 bits per heavy atom. The Morgan fingerprint density at radius 2 is 1.96 bits per heavy atom. The molecule has 4 rings (SSSR count). The van der Waals surface area contributed by atoms with Crippen molar-refractivity contribution >= 4 is 23.5 Å². The summed E-state index contributed by atoms with van der Waals surface area (Å²) in [7, 11) is 0. The predicted octanol–water partition coefficient (Wildman–Crippen LogP) is 2.59. The molecule has 1 aliphatic heterocycles. The van der Waals surface area contributed by atoms with Crippen molar-refractivity contribution in [1.82, 2.24) is 19.7 Å². The number of rotatable bonds is 4. The van der Waals surface area contributed by atoms with E-state index in [9.17, 15) is 14.7 Å². The Bertz CT molecular complexity index is 877. The molecule has 1 aliphatic carbocycles. The molecule has 2 aromatic rings. The number of carbonyl (C=O) groups is 2. The van der Waals surface area contributed by atoms with E-state index in [1.165, 1.54) is 4.90 Å². The van der Waals surface area contributed by atoms with Crippen molar-refractivity contribution in [1.29, 1.82) is 0 Å². The average Bonchev–Trinajstić information content (AvgIpc) is 3.24. The van der Waals surface area contributed by atoms with Gasteiger partial charge in [-0.1, -0.05) is 30.7 Å². The number of hydrogen-bond donors (Lipinski definition) is 1. The number of amides is 1. The molecule has 2 aliphatic rings. The maximum Gasteiger partial charge on any atom is 0.308 e. The van der Waals surface area contributed by atoms with Crippen LogP contribution in [0, 0.1) is 11.8 Å². The molecular formula is C18H19ClN4O3. The fourth-order valence-electron chi connectivity index (χ4n) is 3.42. The molecule has 1 aromatic carbocycles. The Hall–Kier alpha value is -2.41. The summed E-state index contributed by atoms with van der Waals surface area (Å²) in [6.45, 7) is 2.43. The van der Waals surface area contributed by atoms with E-state index in [-0.39, 0.29) is 30.1 Å². The van der Waals surface area contributed by atoms with Gasteiger partial charge in [0.15, 0.2) is 0 Å². The summed E-state index contributed by atoms with van der Waals surface area (Å²) in [6, 6.07) is 7.32. The number of para-hydroxylation sites is 1. The third-order valence-electron chi connectivity index (χ3n) is 5.06. The average molecular weight is 375 g/mol. The van der Waals surface area contributed by atoms with E-state index in [2.05, 4.69) is 10.1 Å². The number of carbonyl (C=O) groups excluding carboxylic acids is 1. The van der Waals surface area contributed by atoms with Crippen molar-refractivity contribution in [3.63, 3.8) is 0 Å². The van der Waals surface area contributed by atoms with Crippen LogP contribution in [0.3, 0.4) is 0 Å². The van der Waals surface area contributed by atoms with Crippen molar-refractivity contribution in [2.75, 3.05) is 13.1 Å². The molecule has 136 valence electrons. The second-order valence-electron chi connectivity index (χ2n) is 7.06. The van der Waals surface area contributed by atoms with Crippen molar-refractivity contribution in [3.8, 4) is 5.69 Å². The maximum absolute atomic E-state index is 12.8. The van der Waals surface area contributed by atoms with E-state index < -0.39 is 11.9 Å². The lowest BCUT2D eigenvalue weighted by molar-refractivity contribution is -0.142. The maximum atomic E-state index is 12.8. The summed E-state index contributed by atoms with van der Waals surface area (Å²) in [4.78, 5) is 30.2. The van der Waals surface area contributed by atoms with E-state index in [0.29, 0.717) is 17.3 Å². The van der Waals surface area contributed by atoms with Crippen LogP contribution in [0.2, 0.25) is 5.02 Å². The van der Waals surface area contributed by atoms with E-state index in [0.717, 1.165) is 18.7 Å². The van der Waals surface area contributed by atoms with Gasteiger partial charge >= 0.3 is 5.97 Å². The molecule has 7 nitrogen and oxygen atoms in total. The molecule has 1 saturated carbocycles. The van der Waals surface area contributed by atoms with Gasteiger partial charge in [0, 0.05) is 19.0 Å². The molecule has 1 aromatic heterocycles. The number of nitrogens with zero attached hydrogens (tertiary/aromatic N) is 4. The van der Waals surface area contributed by atoms with Crippen LogP contribution in [-0.2, 0) is 4.79 Å². The molecule has 8 heteroatoms. The first-order chi connectivity index (χ1) is 12.5. The zero-order valence-electron chi connectivity index (χ0n) is 14.3. The third-order valence-corrected chi connectivity index (χ3v) is 5.38. The molecule has 2 atom stereocenters. The number of hydrogen-bond acceptors (Lipinski definition) is 4. The van der Waals surface area contributed by atoms with Crippen LogP contribution in [-0.4, -0.2) is 49.7 Å². The van der Waals surface area contributed by atoms with Crippen LogP contribution in [0.25, 0.3) is 5.69 Å². The lowest BCUT2D eigenvalue weighted by Crippen LogP contribution is -2.30. The first kappa shape index (κ1) is 17.0. The van der Waals surface area contributed by atoms with Crippen molar-refractivity contribution in [2.45, 2.75) is 25.7 Å². The topological polar surface area (TPSA) is 88.3 Å². The van der Waals surface area contributed by atoms with E-state index >= 15 is 0 Å². The molecule has 1 amide bonds. The first-order valence-electron chi connectivity index (χ1n) is 8.69. The summed E-state index contributed by atoms with van der Waals surface area (Å²) in [5.41, 5.74) is 0.695. The number of carboxylic acid groups (broad SMARTS) is 1. The zero-order valence-corrected chi connectivity index (χ0v) is 15.1. The van der Waals surface area contributed by atoms with E-state index in [4.69, 9.17) is 11.6 Å². The normalized spacial score (nSPS) is 22.6. The second kappa shape index (κ2) is 6.39. The highest BCUT2D eigenvalue weighted by Crippen LogP contribution is 2.40. The summed E-state index contributed by atoms with van der Waals surface area (Å²) in [5.74, 6) is -0.718. The second-order valence-corrected chi connectivity index (χ2v) is 7.47. The van der Waals surface area contributed by atoms with Crippen molar-refractivity contribution < 1.29 is 14.7 Å². The molecule has 1 N–H and O–H groups in total. The van der Waals surface area contributed by atoms with Gasteiger partial charge < -0.3 is 10.0 Å². The molecule has 2 heterocycles. The standard InChI is InChI=1S/C18H19ClN4O3/c1-10-8-22(9-12(10)18(25)26)17(24)15-20-16(11-6-7-11)23(21-15)14-5-3-2-4-13(14)19/h2-5,10-12H,6-9H2,1H3,(H,25,26)/t10-,12-/m1/s1. The van der Waals surface area contributed by atoms with Crippen molar-refractivity contribution in [3.05, 3.63) is 40.9 Å². The summed E-state index contributed by atoms with van der Waals surface area (Å²) in [5, 5.41) is 14.2. The van der Waals surface area contributed by atoms with E-state index in [1.807, 2.05) is 25.1 Å². The number of likely N-dealkylation sites (tertiary alicyclic amines) is 1. The van der Waals surface area contributed by atoms with E-state index in [1.54, 1.807) is 10.7 Å². The Morgan fingerprint density at radius 1 is 1.23 bits per heavy atom. The molecule has 0 radical (unpaired) electrons. The summed E-state index contributed by atoms with van der Waals surface area (Å²) < 4.78 is 1.65. The minimum atomic E-state index is -0.874. The van der Waals surface area contributed by atoms with Crippen LogP contribution >= 0.6 is 11.6 Å². The molecule has 0 unspecified atom stereocenters. The highest BCUT2D eigenvalue weighted by molar-refractivity contribution is 6.32. The van der Waals surface area contributed by atoms with Gasteiger partial charge in [-0.15, -0.1) is 5.10 Å². The Labute approximate surface area is 155 Å². The molecule has 0 bridgehead atoms. The number of halogens is 1. The molecule has 0 spiro atoms. The minimum absolute atomic E-state index is 0.0926. The fourth-order valence-corrected chi connectivity index (χ4v) is 3.63. The van der Waals surface area contributed by atoms with Gasteiger partial charge in [-0.2, -0.15) is 0 Å². The van der Waals surface area contributed by atoms with Crippen LogP contribution < -0.4 is 0 Å². The quantitative estimate of drug-likeness (QED) is 0.888. The highest BCUT2D eigenvalue weighted by Gasteiger charge is 2.39. The molecule has 2 fully saturated rings. The first-order valence-corrected chi connectivity index (χ1v) is 9.07. The van der Waals surface area contributed by atoms with Gasteiger partial charge in [-0.25, -0.2) is 9.67 Å². The van der Waals surface area contributed by atoms with Crippen LogP contribution in [0.5, 0.6) is 0 Å². The highest BCUT2D eigenvalue weighted by atomic mass is 35.5. The van der Waals surface area contributed by atoms with Gasteiger partial charge in [-0.05, 0) is 30.9 Å². The Kier molecular flexibility index (Phi) is 4.19. The molecular weight excluding hydrogens is 356 g/mol. The van der Waals surface area contributed by atoms with Crippen LogP contribution in [0.15, 0.2) is 24.3 Å². The SMILES string of the molecule is C[C@@H]1CN(C(=O)c2nc(C3CC3)n(-c3ccccc3Cl)n2)C[C@H]1C(=O)O. The van der Waals surface area contributed by atoms with Crippen LogP contribution in [0.4, 0.5) is 0 Å². The zero-order chi connectivity index (χ0) is 18.4. The molecule has 26 heavy (non-hydrogen) atoms. The largest absolute Gasteiger partial charge is 0.481 e. The smallest absolute Gasteiger partial charge is 0.308 e. The fraction of sp³-hybridized carbons (Fsp3) is 0.444. The summed E-state index contributed by atoms with van der Waals surface area (Å²) >= 11 is 6.30. The number of aromatic nitrogens is 3. The van der Waals surface area contributed by atoms with Gasteiger partial charge in [0.25, 0.3) is 5.91 Å². The minimum Gasteiger partial charge on any atom is -0.481 e. The van der Waals surface area contributed by atoms with Gasteiger partial charge in [0.1, 0.15) is 5.82 Å². The van der Waals surface area contributed by atoms with Gasteiger partial charge in [0.2, 0.25) is 5.82 Å². The summed E-state index contributed by atoms with van der Waals surface area (Å²) in [6.07, 6.45) is 2.03. The molecule has 1 saturated heterocycles. The predicted molar refractivity (Wildman–Crippen MR) is 94.5 cm³/mol. The number of aliphatic carboxylic acids is 1. The Balaban J connectivity index is 1.66. The van der Waals surface area contributed by atoms with Crippen molar-refractivity contribution in [2.24, 2.45) is 11.8 Å². The van der Waals surface area contributed by atoms with Gasteiger partial charge in [-0.3, -0.25) is 9.59 Å². The lowest BCUT2D eigenvalue weighted by atomic mass is 9.99. The number of carboxylic acids is 1.